The van der Waals surface area contributed by atoms with E-state index in [9.17, 15) is 9.59 Å². The van der Waals surface area contributed by atoms with Gasteiger partial charge in [0.1, 0.15) is 0 Å². The van der Waals surface area contributed by atoms with Crippen molar-refractivity contribution in [3.05, 3.63) is 35.4 Å². The summed E-state index contributed by atoms with van der Waals surface area (Å²) in [5, 5.41) is 0. The summed E-state index contributed by atoms with van der Waals surface area (Å²) in [4.78, 5) is 26.2. The van der Waals surface area contributed by atoms with Crippen molar-refractivity contribution in [3.8, 4) is 0 Å². The van der Waals surface area contributed by atoms with Gasteiger partial charge in [0, 0.05) is 18.7 Å². The monoisotopic (exact) mass is 347 g/mol. The van der Waals surface area contributed by atoms with Gasteiger partial charge < -0.3 is 19.1 Å². The SMILES string of the molecule is CN(C(=O)COC(=O)c1cccc(C2OCCO2)c1)C1CCCCC1. The molecule has 0 unspecified atom stereocenters. The van der Waals surface area contributed by atoms with Gasteiger partial charge in [-0.05, 0) is 25.0 Å². The first-order chi connectivity index (χ1) is 12.1. The normalized spacial score (nSPS) is 18.9. The number of hydrogen-bond acceptors (Lipinski definition) is 5. The minimum atomic E-state index is -0.509. The maximum atomic E-state index is 12.3. The molecule has 6 nitrogen and oxygen atoms in total. The van der Waals surface area contributed by atoms with E-state index in [2.05, 4.69) is 0 Å². The Hall–Kier alpha value is -1.92. The molecule has 1 aromatic rings. The Morgan fingerprint density at radius 3 is 2.60 bits per heavy atom. The molecular formula is C19H25NO5. The van der Waals surface area contributed by atoms with Crippen molar-refractivity contribution >= 4 is 11.9 Å². The molecule has 0 bridgehead atoms. The van der Waals surface area contributed by atoms with Crippen molar-refractivity contribution in [3.63, 3.8) is 0 Å². The molecule has 136 valence electrons. The van der Waals surface area contributed by atoms with Crippen LogP contribution in [0.25, 0.3) is 0 Å². The largest absolute Gasteiger partial charge is 0.452 e. The molecule has 0 spiro atoms. The Morgan fingerprint density at radius 2 is 1.88 bits per heavy atom. The second-order valence-electron chi connectivity index (χ2n) is 6.57. The molecule has 1 amide bonds. The average molecular weight is 347 g/mol. The lowest BCUT2D eigenvalue weighted by molar-refractivity contribution is -0.135. The van der Waals surface area contributed by atoms with E-state index in [0.29, 0.717) is 18.8 Å². The molecule has 0 atom stereocenters. The van der Waals surface area contributed by atoms with Gasteiger partial charge in [0.25, 0.3) is 5.91 Å². The smallest absolute Gasteiger partial charge is 0.338 e. The molecule has 25 heavy (non-hydrogen) atoms. The zero-order valence-electron chi connectivity index (χ0n) is 14.6. The molecule has 0 N–H and O–H groups in total. The summed E-state index contributed by atoms with van der Waals surface area (Å²) in [5.74, 6) is -0.663. The van der Waals surface area contributed by atoms with Crippen LogP contribution in [0.4, 0.5) is 0 Å². The lowest BCUT2D eigenvalue weighted by Crippen LogP contribution is -2.40. The summed E-state index contributed by atoms with van der Waals surface area (Å²) in [5.41, 5.74) is 1.17. The third kappa shape index (κ3) is 4.58. The summed E-state index contributed by atoms with van der Waals surface area (Å²) in [6.07, 6.45) is 5.16. The van der Waals surface area contributed by atoms with Crippen LogP contribution in [0.2, 0.25) is 0 Å². The second-order valence-corrected chi connectivity index (χ2v) is 6.57. The first-order valence-corrected chi connectivity index (χ1v) is 8.91. The Kier molecular flexibility index (Phi) is 6.04. The number of benzene rings is 1. The number of likely N-dealkylation sites (N-methyl/N-ethyl adjacent to an activating group) is 1. The highest BCUT2D eigenvalue weighted by Crippen LogP contribution is 2.24. The highest BCUT2D eigenvalue weighted by molar-refractivity contribution is 5.91. The summed E-state index contributed by atoms with van der Waals surface area (Å²) >= 11 is 0. The van der Waals surface area contributed by atoms with Crippen LogP contribution >= 0.6 is 0 Å². The average Bonchev–Trinajstić information content (AvgIpc) is 3.21. The number of hydrogen-bond donors (Lipinski definition) is 0. The zero-order valence-corrected chi connectivity index (χ0v) is 14.6. The summed E-state index contributed by atoms with van der Waals surface area (Å²) in [7, 11) is 1.79. The van der Waals surface area contributed by atoms with Crippen molar-refractivity contribution in [2.45, 2.75) is 44.4 Å². The number of esters is 1. The zero-order chi connectivity index (χ0) is 17.6. The van der Waals surface area contributed by atoms with Crippen molar-refractivity contribution in [1.82, 2.24) is 4.90 Å². The van der Waals surface area contributed by atoms with Gasteiger partial charge in [0.15, 0.2) is 12.9 Å². The van der Waals surface area contributed by atoms with E-state index in [1.807, 2.05) is 6.07 Å². The quantitative estimate of drug-likeness (QED) is 0.766. The predicted octanol–water partition coefficient (Wildman–Crippen LogP) is 2.68. The van der Waals surface area contributed by atoms with Gasteiger partial charge in [0.2, 0.25) is 0 Å². The van der Waals surface area contributed by atoms with Crippen LogP contribution in [0, 0.1) is 0 Å². The van der Waals surface area contributed by atoms with Gasteiger partial charge in [-0.15, -0.1) is 0 Å². The van der Waals surface area contributed by atoms with E-state index in [-0.39, 0.29) is 18.6 Å². The van der Waals surface area contributed by atoms with Crippen molar-refractivity contribution < 1.29 is 23.8 Å². The fourth-order valence-electron chi connectivity index (χ4n) is 3.35. The molecule has 3 rings (SSSR count). The van der Waals surface area contributed by atoms with E-state index >= 15 is 0 Å². The highest BCUT2D eigenvalue weighted by Gasteiger charge is 2.23. The summed E-state index contributed by atoms with van der Waals surface area (Å²) in [6, 6.07) is 7.21. The molecule has 2 aliphatic rings. The van der Waals surface area contributed by atoms with Crippen molar-refractivity contribution in [1.29, 1.82) is 0 Å². The van der Waals surface area contributed by atoms with Crippen LogP contribution in [0.5, 0.6) is 0 Å². The number of carbonyl (C=O) groups is 2. The van der Waals surface area contributed by atoms with Gasteiger partial charge in [-0.1, -0.05) is 31.4 Å². The van der Waals surface area contributed by atoms with E-state index in [4.69, 9.17) is 14.2 Å². The van der Waals surface area contributed by atoms with E-state index in [0.717, 1.165) is 31.2 Å². The summed E-state index contributed by atoms with van der Waals surface area (Å²) in [6.45, 7) is 0.856. The van der Waals surface area contributed by atoms with E-state index in [1.165, 1.54) is 6.42 Å². The van der Waals surface area contributed by atoms with E-state index < -0.39 is 12.3 Å². The van der Waals surface area contributed by atoms with Gasteiger partial charge in [-0.2, -0.15) is 0 Å². The minimum absolute atomic E-state index is 0.154. The van der Waals surface area contributed by atoms with Crippen LogP contribution in [-0.2, 0) is 19.0 Å². The van der Waals surface area contributed by atoms with Crippen LogP contribution < -0.4 is 0 Å². The van der Waals surface area contributed by atoms with Crippen molar-refractivity contribution in [2.24, 2.45) is 0 Å². The number of carbonyl (C=O) groups excluding carboxylic acids is 2. The number of nitrogens with zero attached hydrogens (tertiary/aromatic N) is 1. The molecule has 1 heterocycles. The van der Waals surface area contributed by atoms with E-state index in [1.54, 1.807) is 30.1 Å². The third-order valence-electron chi connectivity index (χ3n) is 4.86. The predicted molar refractivity (Wildman–Crippen MR) is 91.0 cm³/mol. The highest BCUT2D eigenvalue weighted by atomic mass is 16.7. The number of ether oxygens (including phenoxy) is 3. The Labute approximate surface area is 148 Å². The molecule has 1 aromatic carbocycles. The van der Waals surface area contributed by atoms with Gasteiger partial charge >= 0.3 is 5.97 Å². The Morgan fingerprint density at radius 1 is 1.16 bits per heavy atom. The molecule has 0 radical (unpaired) electrons. The maximum Gasteiger partial charge on any atom is 0.338 e. The first kappa shape index (κ1) is 17.9. The molecule has 1 aliphatic heterocycles. The fourth-order valence-corrected chi connectivity index (χ4v) is 3.35. The Bertz CT molecular complexity index is 606. The molecule has 1 saturated heterocycles. The van der Waals surface area contributed by atoms with Gasteiger partial charge in [-0.3, -0.25) is 4.79 Å². The van der Waals surface area contributed by atoms with Crippen LogP contribution in [-0.4, -0.2) is 49.7 Å². The first-order valence-electron chi connectivity index (χ1n) is 8.91. The van der Waals surface area contributed by atoms with Gasteiger partial charge in [-0.25, -0.2) is 4.79 Å². The molecule has 1 aliphatic carbocycles. The standard InChI is InChI=1S/C19H25NO5/c1-20(16-8-3-2-4-9-16)17(21)13-25-18(22)14-6-5-7-15(12-14)19-23-10-11-24-19/h5-7,12,16,19H,2-4,8-11,13H2,1H3. The molecule has 6 heteroatoms. The summed E-state index contributed by atoms with van der Waals surface area (Å²) < 4.78 is 16.1. The minimum Gasteiger partial charge on any atom is -0.452 e. The molecule has 0 aromatic heterocycles. The fraction of sp³-hybridized carbons (Fsp3) is 0.579. The Balaban J connectivity index is 1.53. The third-order valence-corrected chi connectivity index (χ3v) is 4.86. The lowest BCUT2D eigenvalue weighted by Gasteiger charge is -2.31. The lowest BCUT2D eigenvalue weighted by atomic mass is 9.94. The number of rotatable bonds is 5. The topological polar surface area (TPSA) is 65.1 Å². The van der Waals surface area contributed by atoms with Crippen LogP contribution in [0.15, 0.2) is 24.3 Å². The van der Waals surface area contributed by atoms with Crippen LogP contribution in [0.3, 0.4) is 0 Å². The van der Waals surface area contributed by atoms with Crippen molar-refractivity contribution in [2.75, 3.05) is 26.9 Å². The molecular weight excluding hydrogens is 322 g/mol. The number of amides is 1. The van der Waals surface area contributed by atoms with Crippen LogP contribution in [0.1, 0.15) is 54.3 Å². The molecule has 1 saturated carbocycles. The molecule has 2 fully saturated rings. The second kappa shape index (κ2) is 8.45. The van der Waals surface area contributed by atoms with Gasteiger partial charge in [0.05, 0.1) is 18.8 Å². The maximum absolute atomic E-state index is 12.3.